The minimum absolute atomic E-state index is 0.343. The maximum absolute atomic E-state index is 11.7. The van der Waals surface area contributed by atoms with Gasteiger partial charge in [-0.2, -0.15) is 0 Å². The van der Waals surface area contributed by atoms with E-state index >= 15 is 0 Å². The molecule has 0 aliphatic heterocycles. The van der Waals surface area contributed by atoms with E-state index in [-0.39, 0.29) is 5.97 Å². The molecule has 0 spiro atoms. The van der Waals surface area contributed by atoms with E-state index in [1.165, 1.54) is 6.26 Å². The Bertz CT molecular complexity index is 548. The number of anilines is 1. The Kier molecular flexibility index (Phi) is 4.52. The Labute approximate surface area is 115 Å². The van der Waals surface area contributed by atoms with Crippen LogP contribution < -0.4 is 5.73 Å². The molecule has 0 amide bonds. The molecule has 0 unspecified atom stereocenters. The van der Waals surface area contributed by atoms with Crippen LogP contribution in [0.25, 0.3) is 0 Å². The molecule has 0 aliphatic carbocycles. The number of hydrogen-bond donors (Lipinski definition) is 1. The van der Waals surface area contributed by atoms with Crippen molar-refractivity contribution in [3.8, 4) is 0 Å². The molecule has 1 heterocycles. The van der Waals surface area contributed by atoms with Crippen LogP contribution in [0.5, 0.6) is 0 Å². The number of ether oxygens (including phenoxy) is 1. The molecule has 2 rings (SSSR count). The summed E-state index contributed by atoms with van der Waals surface area (Å²) >= 11 is 1.58. The first kappa shape index (κ1) is 13.5. The van der Waals surface area contributed by atoms with Crippen LogP contribution in [0, 0.1) is 0 Å². The number of benzene rings is 1. The number of esters is 1. The van der Waals surface area contributed by atoms with Gasteiger partial charge in [0.2, 0.25) is 0 Å². The van der Waals surface area contributed by atoms with E-state index in [1.54, 1.807) is 24.8 Å². The molecule has 0 saturated carbocycles. The summed E-state index contributed by atoms with van der Waals surface area (Å²) in [6, 6.07) is 9.20. The van der Waals surface area contributed by atoms with Crippen LogP contribution in [0.3, 0.4) is 0 Å². The van der Waals surface area contributed by atoms with Crippen molar-refractivity contribution < 1.29 is 13.9 Å². The van der Waals surface area contributed by atoms with E-state index in [0.717, 1.165) is 10.6 Å². The van der Waals surface area contributed by atoms with Crippen LogP contribution in [0.4, 0.5) is 5.69 Å². The fourth-order valence-corrected chi connectivity index (χ4v) is 2.41. The van der Waals surface area contributed by atoms with Gasteiger partial charge in [0.25, 0.3) is 0 Å². The lowest BCUT2D eigenvalue weighted by atomic mass is 10.3. The van der Waals surface area contributed by atoms with Crippen molar-refractivity contribution in [1.29, 1.82) is 0 Å². The quantitative estimate of drug-likeness (QED) is 0.516. The molecule has 19 heavy (non-hydrogen) atoms. The second kappa shape index (κ2) is 6.33. The zero-order valence-corrected chi connectivity index (χ0v) is 11.4. The van der Waals surface area contributed by atoms with E-state index in [2.05, 4.69) is 0 Å². The van der Waals surface area contributed by atoms with Crippen molar-refractivity contribution in [2.45, 2.75) is 17.6 Å². The Morgan fingerprint density at radius 2 is 2.05 bits per heavy atom. The van der Waals surface area contributed by atoms with Crippen molar-refractivity contribution in [2.24, 2.45) is 0 Å². The molecule has 5 heteroatoms. The molecule has 0 fully saturated rings. The van der Waals surface area contributed by atoms with E-state index in [9.17, 15) is 4.79 Å². The van der Waals surface area contributed by atoms with Gasteiger partial charge in [-0.1, -0.05) is 0 Å². The third-order valence-electron chi connectivity index (χ3n) is 2.49. The van der Waals surface area contributed by atoms with Gasteiger partial charge in [0.15, 0.2) is 0 Å². The number of nitrogen functional groups attached to an aromatic ring is 1. The van der Waals surface area contributed by atoms with Crippen molar-refractivity contribution >= 4 is 23.4 Å². The highest BCUT2D eigenvalue weighted by atomic mass is 32.2. The summed E-state index contributed by atoms with van der Waals surface area (Å²) < 4.78 is 10.3. The SMILES string of the molecule is CCOC(=O)c1ccoc1CSc1ccc(N)cc1. The minimum Gasteiger partial charge on any atom is -0.468 e. The van der Waals surface area contributed by atoms with Gasteiger partial charge in [-0.05, 0) is 37.3 Å². The maximum atomic E-state index is 11.7. The number of furan rings is 1. The molecule has 2 N–H and O–H groups in total. The lowest BCUT2D eigenvalue weighted by Gasteiger charge is -2.03. The summed E-state index contributed by atoms with van der Waals surface area (Å²) in [6.07, 6.45) is 1.51. The second-order valence-electron chi connectivity index (χ2n) is 3.84. The number of hydrogen-bond acceptors (Lipinski definition) is 5. The molecule has 1 aromatic carbocycles. The summed E-state index contributed by atoms with van der Waals surface area (Å²) in [5, 5.41) is 0. The monoisotopic (exact) mass is 277 g/mol. The molecule has 100 valence electrons. The first-order chi connectivity index (χ1) is 9.20. The lowest BCUT2D eigenvalue weighted by Crippen LogP contribution is -2.05. The molecule has 2 aromatic rings. The van der Waals surface area contributed by atoms with Gasteiger partial charge in [0, 0.05) is 10.6 Å². The molecular weight excluding hydrogens is 262 g/mol. The average Bonchev–Trinajstić information content (AvgIpc) is 2.87. The van der Waals surface area contributed by atoms with Crippen LogP contribution in [0.1, 0.15) is 23.0 Å². The van der Waals surface area contributed by atoms with Crippen molar-refractivity contribution in [3.63, 3.8) is 0 Å². The maximum Gasteiger partial charge on any atom is 0.341 e. The van der Waals surface area contributed by atoms with Crippen molar-refractivity contribution in [1.82, 2.24) is 0 Å². The van der Waals surface area contributed by atoms with Gasteiger partial charge in [0.1, 0.15) is 11.3 Å². The van der Waals surface area contributed by atoms with Gasteiger partial charge in [0.05, 0.1) is 18.6 Å². The van der Waals surface area contributed by atoms with Crippen LogP contribution >= 0.6 is 11.8 Å². The van der Waals surface area contributed by atoms with Gasteiger partial charge >= 0.3 is 5.97 Å². The fourth-order valence-electron chi connectivity index (χ4n) is 1.56. The van der Waals surface area contributed by atoms with Gasteiger partial charge in [-0.15, -0.1) is 11.8 Å². The first-order valence-corrected chi connectivity index (χ1v) is 6.91. The summed E-state index contributed by atoms with van der Waals surface area (Å²) in [5.74, 6) is 0.856. The summed E-state index contributed by atoms with van der Waals surface area (Å²) in [5.41, 5.74) is 6.85. The summed E-state index contributed by atoms with van der Waals surface area (Å²) in [6.45, 7) is 2.13. The molecule has 0 saturated heterocycles. The zero-order valence-electron chi connectivity index (χ0n) is 10.6. The normalized spacial score (nSPS) is 10.4. The average molecular weight is 277 g/mol. The molecule has 0 bridgehead atoms. The molecule has 1 aromatic heterocycles. The number of rotatable bonds is 5. The number of carbonyl (C=O) groups excluding carboxylic acids is 1. The number of thioether (sulfide) groups is 1. The van der Waals surface area contributed by atoms with Crippen LogP contribution in [-0.2, 0) is 10.5 Å². The Morgan fingerprint density at radius 1 is 1.32 bits per heavy atom. The van der Waals surface area contributed by atoms with Gasteiger partial charge in [-0.3, -0.25) is 0 Å². The highest BCUT2D eigenvalue weighted by molar-refractivity contribution is 7.98. The van der Waals surface area contributed by atoms with Gasteiger partial charge < -0.3 is 14.9 Å². The molecule has 0 atom stereocenters. The van der Waals surface area contributed by atoms with Crippen molar-refractivity contribution in [2.75, 3.05) is 12.3 Å². The van der Waals surface area contributed by atoms with Crippen molar-refractivity contribution in [3.05, 3.63) is 47.9 Å². The van der Waals surface area contributed by atoms with E-state index in [4.69, 9.17) is 14.9 Å². The largest absolute Gasteiger partial charge is 0.468 e. The number of carbonyl (C=O) groups is 1. The van der Waals surface area contributed by atoms with E-state index < -0.39 is 0 Å². The predicted octanol–water partition coefficient (Wildman–Crippen LogP) is 3.33. The summed E-state index contributed by atoms with van der Waals surface area (Å²) in [4.78, 5) is 12.7. The minimum atomic E-state index is -0.343. The van der Waals surface area contributed by atoms with Crippen LogP contribution in [-0.4, -0.2) is 12.6 Å². The summed E-state index contributed by atoms with van der Waals surface area (Å²) in [7, 11) is 0. The zero-order chi connectivity index (χ0) is 13.7. The lowest BCUT2D eigenvalue weighted by molar-refractivity contribution is 0.0524. The molecule has 4 nitrogen and oxygen atoms in total. The van der Waals surface area contributed by atoms with E-state index in [0.29, 0.717) is 23.7 Å². The Morgan fingerprint density at radius 3 is 2.74 bits per heavy atom. The third kappa shape index (κ3) is 3.54. The van der Waals surface area contributed by atoms with Crippen LogP contribution in [0.2, 0.25) is 0 Å². The highest BCUT2D eigenvalue weighted by Gasteiger charge is 2.15. The fraction of sp³-hybridized carbons (Fsp3) is 0.214. The molecular formula is C14H15NO3S. The highest BCUT2D eigenvalue weighted by Crippen LogP contribution is 2.26. The molecule has 0 aliphatic rings. The van der Waals surface area contributed by atoms with Crippen LogP contribution in [0.15, 0.2) is 45.9 Å². The second-order valence-corrected chi connectivity index (χ2v) is 4.88. The standard InChI is InChI=1S/C14H15NO3S/c1-2-17-14(16)12-7-8-18-13(12)9-19-11-5-3-10(15)4-6-11/h3-8H,2,9,15H2,1H3. The Balaban J connectivity index is 2.02. The topological polar surface area (TPSA) is 65.5 Å². The van der Waals surface area contributed by atoms with Gasteiger partial charge in [-0.25, -0.2) is 4.79 Å². The van der Waals surface area contributed by atoms with E-state index in [1.807, 2.05) is 24.3 Å². The Hall–Kier alpha value is -1.88. The third-order valence-corrected chi connectivity index (χ3v) is 3.50. The molecule has 0 radical (unpaired) electrons. The smallest absolute Gasteiger partial charge is 0.341 e. The predicted molar refractivity (Wildman–Crippen MR) is 75.1 cm³/mol. The number of nitrogens with two attached hydrogens (primary N) is 1. The first-order valence-electron chi connectivity index (χ1n) is 5.92.